The van der Waals surface area contributed by atoms with Gasteiger partial charge in [0.1, 0.15) is 0 Å². The summed E-state index contributed by atoms with van der Waals surface area (Å²) in [6.45, 7) is 20.4. The van der Waals surface area contributed by atoms with E-state index in [2.05, 4.69) is 134 Å². The second-order valence-electron chi connectivity index (χ2n) is 12.6. The van der Waals surface area contributed by atoms with Gasteiger partial charge in [0.2, 0.25) is 0 Å². The first-order valence-corrected chi connectivity index (χ1v) is 15.0. The molecule has 0 saturated heterocycles. The number of carbonyl (C=O) groups excluding carboxylic acids is 1. The lowest BCUT2D eigenvalue weighted by Gasteiger charge is -2.32. The molecule has 0 unspecified atom stereocenters. The first-order valence-electron chi connectivity index (χ1n) is 15.0. The van der Waals surface area contributed by atoms with Crippen LogP contribution in [-0.4, -0.2) is 16.5 Å². The van der Waals surface area contributed by atoms with E-state index in [4.69, 9.17) is 0 Å². The molecule has 0 atom stereocenters. The molecule has 0 aromatic rings. The fraction of sp³-hybridized carbons (Fsp3) is 0.375. The molecule has 0 saturated carbocycles. The molecule has 2 nitrogen and oxygen atoms in total. The zero-order chi connectivity index (χ0) is 31.8. The minimum atomic E-state index is -0.668. The van der Waals surface area contributed by atoms with Gasteiger partial charge in [0.25, 0.3) is 0 Å². The Morgan fingerprint density at radius 3 is 1.57 bits per heavy atom. The van der Waals surface area contributed by atoms with Crippen molar-refractivity contribution in [2.24, 2.45) is 5.41 Å². The zero-order valence-corrected chi connectivity index (χ0v) is 27.8. The first-order chi connectivity index (χ1) is 19.6. The van der Waals surface area contributed by atoms with Crippen LogP contribution in [0.4, 0.5) is 0 Å². The van der Waals surface area contributed by atoms with Crippen molar-refractivity contribution in [2.45, 2.75) is 94.1 Å². The Hall–Kier alpha value is -3.49. The fourth-order valence-electron chi connectivity index (χ4n) is 4.25. The molecule has 0 bridgehead atoms. The minimum absolute atomic E-state index is 0.0425. The molecule has 1 aliphatic rings. The van der Waals surface area contributed by atoms with Gasteiger partial charge in [0, 0.05) is 6.42 Å². The van der Waals surface area contributed by atoms with Crippen LogP contribution in [0, 0.1) is 5.41 Å². The number of hydrogen-bond donors (Lipinski definition) is 1. The van der Waals surface area contributed by atoms with E-state index in [1.807, 2.05) is 39.0 Å². The largest absolute Gasteiger partial charge is 0.390 e. The smallest absolute Gasteiger partial charge is 0.158 e. The van der Waals surface area contributed by atoms with Gasteiger partial charge in [-0.25, -0.2) is 0 Å². The summed E-state index contributed by atoms with van der Waals surface area (Å²) in [6.07, 6.45) is 37.5. The highest BCUT2D eigenvalue weighted by Gasteiger charge is 2.30. The molecule has 1 N–H and O–H groups in total. The molecule has 1 aliphatic carbocycles. The van der Waals surface area contributed by atoms with Gasteiger partial charge in [-0.15, -0.1) is 0 Å². The Bertz CT molecular complexity index is 1290. The molecule has 0 fully saturated rings. The van der Waals surface area contributed by atoms with Crippen molar-refractivity contribution < 1.29 is 9.90 Å². The summed E-state index contributed by atoms with van der Waals surface area (Å²) < 4.78 is 0. The molecule has 0 amide bonds. The number of allylic oxidation sites excluding steroid dienone is 23. The number of carbonyl (C=O) groups is 1. The number of Topliss-reactive ketones (excluding diaryl/α,β-unsaturated/α-hetero) is 1. The van der Waals surface area contributed by atoms with E-state index in [1.165, 1.54) is 16.7 Å². The molecule has 0 spiro atoms. The van der Waals surface area contributed by atoms with E-state index in [1.54, 1.807) is 0 Å². The van der Waals surface area contributed by atoms with Gasteiger partial charge in [0.15, 0.2) is 5.78 Å². The summed E-state index contributed by atoms with van der Waals surface area (Å²) in [6, 6.07) is 0. The maximum Gasteiger partial charge on any atom is 0.158 e. The molecule has 1 rings (SSSR count). The molecule has 0 aromatic heterocycles. The highest BCUT2D eigenvalue weighted by Crippen LogP contribution is 2.39. The van der Waals surface area contributed by atoms with E-state index in [-0.39, 0.29) is 11.2 Å². The van der Waals surface area contributed by atoms with Gasteiger partial charge in [0.05, 0.1) is 5.60 Å². The summed E-state index contributed by atoms with van der Waals surface area (Å²) in [4.78, 5) is 12.1. The fourth-order valence-corrected chi connectivity index (χ4v) is 4.25. The average Bonchev–Trinajstić information content (AvgIpc) is 2.88. The molecule has 226 valence electrons. The van der Waals surface area contributed by atoms with Gasteiger partial charge in [-0.2, -0.15) is 0 Å². The van der Waals surface area contributed by atoms with Crippen LogP contribution in [0.2, 0.25) is 0 Å². The van der Waals surface area contributed by atoms with Gasteiger partial charge in [-0.1, -0.05) is 145 Å². The molecular formula is C40H54O2. The van der Waals surface area contributed by atoms with Gasteiger partial charge in [-0.3, -0.25) is 4.79 Å². The standard InChI is InChI=1S/C40H54O2/c1-31(19-13-21-33(3)22-14-23-34(4)25-16-29-40(9,10)42)17-11-12-18-32(2)20-15-24-35(5)26-27-37-36(6)38(41)28-30-39(37,7)8/h11-27,42H,28-30H2,1-10H3. The van der Waals surface area contributed by atoms with Crippen LogP contribution in [-0.2, 0) is 4.79 Å². The quantitative estimate of drug-likeness (QED) is 0.225. The van der Waals surface area contributed by atoms with Gasteiger partial charge >= 0.3 is 0 Å². The average molecular weight is 567 g/mol. The van der Waals surface area contributed by atoms with Gasteiger partial charge in [-0.05, 0) is 84.8 Å². The number of aliphatic hydroxyl groups is 1. The minimum Gasteiger partial charge on any atom is -0.390 e. The Morgan fingerprint density at radius 2 is 1.12 bits per heavy atom. The summed E-state index contributed by atoms with van der Waals surface area (Å²) >= 11 is 0. The lowest BCUT2D eigenvalue weighted by atomic mass is 9.72. The van der Waals surface area contributed by atoms with E-state index in [0.717, 1.165) is 28.7 Å². The highest BCUT2D eigenvalue weighted by atomic mass is 16.3. The Labute approximate surface area is 257 Å². The second-order valence-corrected chi connectivity index (χ2v) is 12.6. The normalized spacial score (nSPS) is 19.0. The lowest BCUT2D eigenvalue weighted by molar-refractivity contribution is -0.116. The van der Waals surface area contributed by atoms with Crippen LogP contribution in [0.1, 0.15) is 88.5 Å². The molecular weight excluding hydrogens is 512 g/mol. The zero-order valence-electron chi connectivity index (χ0n) is 27.8. The summed E-state index contributed by atoms with van der Waals surface area (Å²) in [5, 5.41) is 9.77. The Morgan fingerprint density at radius 1 is 0.714 bits per heavy atom. The van der Waals surface area contributed by atoms with Crippen molar-refractivity contribution >= 4 is 5.78 Å². The Balaban J connectivity index is 2.63. The monoisotopic (exact) mass is 566 g/mol. The van der Waals surface area contributed by atoms with Crippen molar-refractivity contribution in [2.75, 3.05) is 0 Å². The molecule has 0 aromatic carbocycles. The van der Waals surface area contributed by atoms with Crippen LogP contribution in [0.5, 0.6) is 0 Å². The maximum absolute atomic E-state index is 12.1. The summed E-state index contributed by atoms with van der Waals surface area (Å²) in [7, 11) is 0. The molecule has 2 heteroatoms. The van der Waals surface area contributed by atoms with Crippen LogP contribution in [0.25, 0.3) is 0 Å². The van der Waals surface area contributed by atoms with Crippen molar-refractivity contribution in [3.63, 3.8) is 0 Å². The van der Waals surface area contributed by atoms with Crippen molar-refractivity contribution in [3.8, 4) is 0 Å². The molecule has 42 heavy (non-hydrogen) atoms. The predicted octanol–water partition coefficient (Wildman–Crippen LogP) is 10.9. The van der Waals surface area contributed by atoms with Crippen molar-refractivity contribution in [1.82, 2.24) is 0 Å². The SMILES string of the molecule is CC(C=CC=C(C)C=CC=C(C)C=CCC(C)(C)O)=CC=CC=C(C)C=CC=C(C)C=CC1=C(C)C(=O)CCC1(C)C. The third-order valence-electron chi connectivity index (χ3n) is 7.02. The van der Waals surface area contributed by atoms with Crippen molar-refractivity contribution in [1.29, 1.82) is 0 Å². The van der Waals surface area contributed by atoms with E-state index in [0.29, 0.717) is 12.8 Å². The summed E-state index contributed by atoms with van der Waals surface area (Å²) in [5.41, 5.74) is 7.25. The Kier molecular flexibility index (Phi) is 15.8. The van der Waals surface area contributed by atoms with Crippen LogP contribution < -0.4 is 0 Å². The van der Waals surface area contributed by atoms with E-state index >= 15 is 0 Å². The summed E-state index contributed by atoms with van der Waals surface area (Å²) in [5.74, 6) is 0.272. The lowest BCUT2D eigenvalue weighted by Crippen LogP contribution is -2.24. The molecule has 0 radical (unpaired) electrons. The first kappa shape index (κ1) is 36.5. The molecule has 0 heterocycles. The second kappa shape index (κ2) is 18.1. The number of rotatable bonds is 13. The third kappa shape index (κ3) is 16.1. The van der Waals surface area contributed by atoms with Crippen LogP contribution in [0.3, 0.4) is 0 Å². The van der Waals surface area contributed by atoms with Crippen molar-refractivity contribution in [3.05, 3.63) is 142 Å². The topological polar surface area (TPSA) is 37.3 Å². The van der Waals surface area contributed by atoms with Crippen LogP contribution in [0.15, 0.2) is 142 Å². The third-order valence-corrected chi connectivity index (χ3v) is 7.02. The highest BCUT2D eigenvalue weighted by molar-refractivity contribution is 5.97. The molecule has 0 aliphatic heterocycles. The number of hydrogen-bond acceptors (Lipinski definition) is 2. The number of ketones is 1. The van der Waals surface area contributed by atoms with E-state index < -0.39 is 5.60 Å². The maximum atomic E-state index is 12.1. The van der Waals surface area contributed by atoms with Gasteiger partial charge < -0.3 is 5.11 Å². The predicted molar refractivity (Wildman–Crippen MR) is 185 cm³/mol. The van der Waals surface area contributed by atoms with Crippen LogP contribution >= 0.6 is 0 Å². The van der Waals surface area contributed by atoms with E-state index in [9.17, 15) is 9.90 Å².